The molecular formula is C18H17BrN2. The average molecular weight is 341 g/mol. The van der Waals surface area contributed by atoms with E-state index in [1.54, 1.807) is 0 Å². The SMILES string of the molecule is NNC(Cc1cccc2ccccc12)c1ccc(Br)cc1. The van der Waals surface area contributed by atoms with Crippen molar-refractivity contribution in [2.24, 2.45) is 5.84 Å². The van der Waals surface area contributed by atoms with E-state index in [2.05, 4.69) is 76.0 Å². The average Bonchev–Trinajstić information content (AvgIpc) is 2.54. The van der Waals surface area contributed by atoms with Crippen LogP contribution in [0.2, 0.25) is 0 Å². The van der Waals surface area contributed by atoms with Crippen LogP contribution in [-0.4, -0.2) is 0 Å². The summed E-state index contributed by atoms with van der Waals surface area (Å²) in [6.45, 7) is 0. The van der Waals surface area contributed by atoms with Crippen molar-refractivity contribution in [2.45, 2.75) is 12.5 Å². The zero-order chi connectivity index (χ0) is 14.7. The highest BCUT2D eigenvalue weighted by atomic mass is 79.9. The molecule has 0 heterocycles. The van der Waals surface area contributed by atoms with Crippen LogP contribution in [-0.2, 0) is 6.42 Å². The van der Waals surface area contributed by atoms with E-state index < -0.39 is 0 Å². The Labute approximate surface area is 133 Å². The van der Waals surface area contributed by atoms with E-state index >= 15 is 0 Å². The largest absolute Gasteiger partial charge is 0.271 e. The zero-order valence-electron chi connectivity index (χ0n) is 11.6. The predicted molar refractivity (Wildman–Crippen MR) is 91.9 cm³/mol. The van der Waals surface area contributed by atoms with Gasteiger partial charge in [0.2, 0.25) is 0 Å². The van der Waals surface area contributed by atoms with Gasteiger partial charge in [0.25, 0.3) is 0 Å². The Bertz CT molecular complexity index is 732. The topological polar surface area (TPSA) is 38.0 Å². The summed E-state index contributed by atoms with van der Waals surface area (Å²) in [6, 6.07) is 23.3. The molecule has 3 N–H and O–H groups in total. The van der Waals surface area contributed by atoms with Gasteiger partial charge in [-0.1, -0.05) is 70.5 Å². The van der Waals surface area contributed by atoms with Crippen LogP contribution < -0.4 is 11.3 Å². The molecule has 0 radical (unpaired) electrons. The predicted octanol–water partition coefficient (Wildman–Crippen LogP) is 4.35. The van der Waals surface area contributed by atoms with Crippen LogP contribution in [0.25, 0.3) is 10.8 Å². The van der Waals surface area contributed by atoms with Gasteiger partial charge in [0, 0.05) is 4.47 Å². The molecule has 3 aromatic carbocycles. The summed E-state index contributed by atoms with van der Waals surface area (Å²) >= 11 is 3.46. The molecule has 0 aliphatic heterocycles. The van der Waals surface area contributed by atoms with Gasteiger partial charge in [-0.15, -0.1) is 0 Å². The van der Waals surface area contributed by atoms with Crippen LogP contribution in [0.15, 0.2) is 71.2 Å². The van der Waals surface area contributed by atoms with Crippen molar-refractivity contribution in [2.75, 3.05) is 0 Å². The van der Waals surface area contributed by atoms with E-state index in [-0.39, 0.29) is 6.04 Å². The summed E-state index contributed by atoms with van der Waals surface area (Å²) in [5.74, 6) is 5.77. The highest BCUT2D eigenvalue weighted by Gasteiger charge is 2.12. The molecule has 0 spiro atoms. The lowest BCUT2D eigenvalue weighted by Gasteiger charge is -2.18. The van der Waals surface area contributed by atoms with Crippen LogP contribution in [0.3, 0.4) is 0 Å². The molecule has 0 fully saturated rings. The lowest BCUT2D eigenvalue weighted by Crippen LogP contribution is -2.29. The Balaban J connectivity index is 1.94. The molecule has 0 aliphatic rings. The highest BCUT2D eigenvalue weighted by Crippen LogP contribution is 2.25. The zero-order valence-corrected chi connectivity index (χ0v) is 13.2. The van der Waals surface area contributed by atoms with Crippen molar-refractivity contribution in [1.29, 1.82) is 0 Å². The molecule has 0 saturated heterocycles. The number of hydrogen-bond acceptors (Lipinski definition) is 2. The van der Waals surface area contributed by atoms with E-state index in [0.717, 1.165) is 10.9 Å². The number of benzene rings is 3. The first-order chi connectivity index (χ1) is 10.3. The van der Waals surface area contributed by atoms with Gasteiger partial charge >= 0.3 is 0 Å². The fourth-order valence-electron chi connectivity index (χ4n) is 2.66. The van der Waals surface area contributed by atoms with E-state index in [1.807, 2.05) is 12.1 Å². The summed E-state index contributed by atoms with van der Waals surface area (Å²) in [5.41, 5.74) is 5.43. The third-order valence-corrected chi connectivity index (χ3v) is 4.31. The van der Waals surface area contributed by atoms with Gasteiger partial charge in [0.1, 0.15) is 0 Å². The smallest absolute Gasteiger partial charge is 0.0500 e. The Morgan fingerprint density at radius 1 is 0.905 bits per heavy atom. The second-order valence-electron chi connectivity index (χ2n) is 5.11. The molecule has 21 heavy (non-hydrogen) atoms. The fraction of sp³-hybridized carbons (Fsp3) is 0.111. The summed E-state index contributed by atoms with van der Waals surface area (Å²) in [4.78, 5) is 0. The number of fused-ring (bicyclic) bond motifs is 1. The molecule has 106 valence electrons. The summed E-state index contributed by atoms with van der Waals surface area (Å²) in [7, 11) is 0. The normalized spacial score (nSPS) is 12.5. The number of nitrogens with one attached hydrogen (secondary N) is 1. The maximum absolute atomic E-state index is 5.77. The Kier molecular flexibility index (Phi) is 4.34. The molecule has 1 unspecified atom stereocenters. The second kappa shape index (κ2) is 6.39. The number of hydrogen-bond donors (Lipinski definition) is 2. The lowest BCUT2D eigenvalue weighted by atomic mass is 9.95. The van der Waals surface area contributed by atoms with E-state index in [4.69, 9.17) is 5.84 Å². The van der Waals surface area contributed by atoms with Crippen LogP contribution in [0, 0.1) is 0 Å². The number of halogens is 1. The van der Waals surface area contributed by atoms with Crippen molar-refractivity contribution in [3.8, 4) is 0 Å². The molecule has 0 aliphatic carbocycles. The minimum absolute atomic E-state index is 0.101. The minimum atomic E-state index is 0.101. The maximum atomic E-state index is 5.77. The van der Waals surface area contributed by atoms with Crippen molar-refractivity contribution >= 4 is 26.7 Å². The van der Waals surface area contributed by atoms with Gasteiger partial charge in [-0.05, 0) is 40.5 Å². The molecule has 3 rings (SSSR count). The van der Waals surface area contributed by atoms with Gasteiger partial charge < -0.3 is 0 Å². The van der Waals surface area contributed by atoms with E-state index in [1.165, 1.54) is 21.9 Å². The lowest BCUT2D eigenvalue weighted by molar-refractivity contribution is 0.553. The molecule has 2 nitrogen and oxygen atoms in total. The van der Waals surface area contributed by atoms with Crippen LogP contribution in [0.1, 0.15) is 17.2 Å². The standard InChI is InChI=1S/C18H17BrN2/c19-16-10-8-14(9-11-16)18(21-20)12-15-6-3-5-13-4-1-2-7-17(13)15/h1-11,18,21H,12,20H2. The quantitative estimate of drug-likeness (QED) is 0.547. The highest BCUT2D eigenvalue weighted by molar-refractivity contribution is 9.10. The van der Waals surface area contributed by atoms with Crippen LogP contribution in [0.4, 0.5) is 0 Å². The van der Waals surface area contributed by atoms with E-state index in [9.17, 15) is 0 Å². The molecule has 0 amide bonds. The van der Waals surface area contributed by atoms with Gasteiger partial charge in [0.05, 0.1) is 6.04 Å². The monoisotopic (exact) mass is 340 g/mol. The van der Waals surface area contributed by atoms with Gasteiger partial charge in [-0.25, -0.2) is 0 Å². The molecule has 1 atom stereocenters. The summed E-state index contributed by atoms with van der Waals surface area (Å²) in [5, 5.41) is 2.55. The first kappa shape index (κ1) is 14.3. The van der Waals surface area contributed by atoms with Crippen molar-refractivity contribution < 1.29 is 0 Å². The van der Waals surface area contributed by atoms with Gasteiger partial charge in [-0.2, -0.15) is 0 Å². The van der Waals surface area contributed by atoms with Crippen LogP contribution in [0.5, 0.6) is 0 Å². The first-order valence-electron chi connectivity index (χ1n) is 6.96. The number of nitrogens with two attached hydrogens (primary N) is 1. The van der Waals surface area contributed by atoms with Crippen LogP contribution >= 0.6 is 15.9 Å². The summed E-state index contributed by atoms with van der Waals surface area (Å²) < 4.78 is 1.08. The van der Waals surface area contributed by atoms with Crippen molar-refractivity contribution in [3.05, 3.63) is 82.3 Å². The van der Waals surface area contributed by atoms with Gasteiger partial charge in [-0.3, -0.25) is 11.3 Å². The molecule has 0 bridgehead atoms. The summed E-state index contributed by atoms with van der Waals surface area (Å²) in [6.07, 6.45) is 0.861. The van der Waals surface area contributed by atoms with Crippen molar-refractivity contribution in [1.82, 2.24) is 5.43 Å². The Hall–Kier alpha value is -1.68. The Morgan fingerprint density at radius 2 is 1.62 bits per heavy atom. The molecule has 0 aromatic heterocycles. The number of hydrazine groups is 1. The fourth-order valence-corrected chi connectivity index (χ4v) is 2.92. The second-order valence-corrected chi connectivity index (χ2v) is 6.03. The molecule has 0 saturated carbocycles. The third kappa shape index (κ3) is 3.16. The van der Waals surface area contributed by atoms with Gasteiger partial charge in [0.15, 0.2) is 0 Å². The number of rotatable bonds is 4. The van der Waals surface area contributed by atoms with Crippen molar-refractivity contribution in [3.63, 3.8) is 0 Å². The Morgan fingerprint density at radius 3 is 2.38 bits per heavy atom. The molecular weight excluding hydrogens is 324 g/mol. The first-order valence-corrected chi connectivity index (χ1v) is 7.75. The maximum Gasteiger partial charge on any atom is 0.0500 e. The molecule has 3 heteroatoms. The third-order valence-electron chi connectivity index (χ3n) is 3.78. The van der Waals surface area contributed by atoms with E-state index in [0.29, 0.717) is 0 Å². The minimum Gasteiger partial charge on any atom is -0.271 e. The molecule has 3 aromatic rings.